The van der Waals surface area contributed by atoms with Crippen LogP contribution in [0.1, 0.15) is 18.1 Å². The molecule has 138 valence electrons. The first-order chi connectivity index (χ1) is 13.2. The lowest BCUT2D eigenvalue weighted by Gasteiger charge is -2.18. The van der Waals surface area contributed by atoms with E-state index in [-0.39, 0.29) is 0 Å². The summed E-state index contributed by atoms with van der Waals surface area (Å²) in [5.74, 6) is 1.41. The van der Waals surface area contributed by atoms with Gasteiger partial charge in [-0.2, -0.15) is 5.10 Å². The van der Waals surface area contributed by atoms with Crippen LogP contribution < -0.4 is 15.0 Å². The Morgan fingerprint density at radius 3 is 3.04 bits per heavy atom. The van der Waals surface area contributed by atoms with E-state index in [9.17, 15) is 5.21 Å². The number of fused-ring (bicyclic) bond motifs is 2. The predicted molar refractivity (Wildman–Crippen MR) is 102 cm³/mol. The van der Waals surface area contributed by atoms with Crippen LogP contribution in [-0.4, -0.2) is 35.0 Å². The van der Waals surface area contributed by atoms with Crippen LogP contribution in [0.5, 0.6) is 5.75 Å². The number of ether oxygens (including phenoxy) is 1. The third-order valence-corrected chi connectivity index (χ3v) is 4.37. The predicted octanol–water partition coefficient (Wildman–Crippen LogP) is 3.14. The topological polar surface area (TPSA) is 83.3 Å². The van der Waals surface area contributed by atoms with Gasteiger partial charge in [0.2, 0.25) is 0 Å². The molecule has 1 aliphatic rings. The minimum absolute atomic E-state index is 0.335. The number of hydrazone groups is 1. The van der Waals surface area contributed by atoms with Crippen molar-refractivity contribution in [3.8, 4) is 5.75 Å². The second-order valence-corrected chi connectivity index (χ2v) is 5.95. The van der Waals surface area contributed by atoms with E-state index in [1.807, 2.05) is 42.3 Å². The summed E-state index contributed by atoms with van der Waals surface area (Å²) in [7, 11) is 1.62. The molecule has 4 rings (SSSR count). The van der Waals surface area contributed by atoms with Crippen LogP contribution in [0.3, 0.4) is 0 Å². The molecule has 0 aliphatic carbocycles. The highest BCUT2D eigenvalue weighted by Gasteiger charge is 2.18. The maximum absolute atomic E-state index is 9.57. The van der Waals surface area contributed by atoms with Gasteiger partial charge in [-0.3, -0.25) is 5.21 Å². The Labute approximate surface area is 156 Å². The van der Waals surface area contributed by atoms with Gasteiger partial charge in [0.1, 0.15) is 29.9 Å². The van der Waals surface area contributed by atoms with E-state index >= 15 is 0 Å². The van der Waals surface area contributed by atoms with Crippen molar-refractivity contribution in [3.05, 3.63) is 53.9 Å². The highest BCUT2D eigenvalue weighted by atomic mass is 16.9. The van der Waals surface area contributed by atoms with E-state index in [1.165, 1.54) is 6.33 Å². The molecule has 1 N–H and O–H groups in total. The Bertz CT molecular complexity index is 1010. The lowest BCUT2D eigenvalue weighted by molar-refractivity contribution is -0.0329. The SMILES string of the molecule is CCN(/N=C/c1ccc2c(c1)CON2O)c1ncnc2c(OC)cccc12. The summed E-state index contributed by atoms with van der Waals surface area (Å²) < 4.78 is 5.39. The minimum Gasteiger partial charge on any atom is -0.494 e. The van der Waals surface area contributed by atoms with Crippen molar-refractivity contribution in [2.24, 2.45) is 5.10 Å². The number of hydrogen-bond donors (Lipinski definition) is 1. The van der Waals surface area contributed by atoms with Crippen molar-refractivity contribution in [1.29, 1.82) is 0 Å². The second-order valence-electron chi connectivity index (χ2n) is 5.95. The summed E-state index contributed by atoms with van der Waals surface area (Å²) in [6, 6.07) is 11.3. The van der Waals surface area contributed by atoms with Gasteiger partial charge in [0.25, 0.3) is 0 Å². The Hall–Kier alpha value is -3.23. The summed E-state index contributed by atoms with van der Waals surface area (Å²) in [5.41, 5.74) is 3.20. The monoisotopic (exact) mass is 365 g/mol. The largest absolute Gasteiger partial charge is 0.494 e. The molecule has 1 aromatic heterocycles. The van der Waals surface area contributed by atoms with Gasteiger partial charge < -0.3 is 4.74 Å². The highest BCUT2D eigenvalue weighted by Crippen LogP contribution is 2.30. The van der Waals surface area contributed by atoms with Crippen molar-refractivity contribution in [1.82, 2.24) is 9.97 Å². The lowest BCUT2D eigenvalue weighted by atomic mass is 10.1. The van der Waals surface area contributed by atoms with Crippen molar-refractivity contribution in [2.45, 2.75) is 13.5 Å². The molecule has 0 saturated heterocycles. The summed E-state index contributed by atoms with van der Waals surface area (Å²) >= 11 is 0. The summed E-state index contributed by atoms with van der Waals surface area (Å²) in [6.07, 6.45) is 3.28. The number of hydrogen-bond acceptors (Lipinski definition) is 8. The number of rotatable bonds is 5. The number of nitrogens with zero attached hydrogens (tertiary/aromatic N) is 5. The van der Waals surface area contributed by atoms with Gasteiger partial charge in [-0.15, -0.1) is 5.23 Å². The molecule has 0 saturated carbocycles. The number of aromatic nitrogens is 2. The van der Waals surface area contributed by atoms with Crippen molar-refractivity contribution in [2.75, 3.05) is 23.9 Å². The molecule has 8 heteroatoms. The molecule has 0 unspecified atom stereocenters. The molecule has 1 aliphatic heterocycles. The number of methoxy groups -OCH3 is 1. The highest BCUT2D eigenvalue weighted by molar-refractivity contribution is 5.93. The van der Waals surface area contributed by atoms with Gasteiger partial charge in [-0.25, -0.2) is 19.8 Å². The fourth-order valence-electron chi connectivity index (χ4n) is 3.03. The molecule has 0 spiro atoms. The number of anilines is 2. The van der Waals surface area contributed by atoms with Gasteiger partial charge in [-0.05, 0) is 36.8 Å². The zero-order valence-corrected chi connectivity index (χ0v) is 15.0. The van der Waals surface area contributed by atoms with E-state index < -0.39 is 0 Å². The average molecular weight is 365 g/mol. The van der Waals surface area contributed by atoms with Gasteiger partial charge >= 0.3 is 0 Å². The molecule has 2 heterocycles. The van der Waals surface area contributed by atoms with Crippen molar-refractivity contribution < 1.29 is 14.8 Å². The number of benzene rings is 2. The molecule has 2 aromatic carbocycles. The summed E-state index contributed by atoms with van der Waals surface area (Å²) in [6.45, 7) is 2.98. The molecule has 0 fully saturated rings. The maximum Gasteiger partial charge on any atom is 0.160 e. The molecule has 3 aromatic rings. The van der Waals surface area contributed by atoms with Gasteiger partial charge in [0.15, 0.2) is 5.82 Å². The van der Waals surface area contributed by atoms with Crippen molar-refractivity contribution in [3.63, 3.8) is 0 Å². The third-order valence-electron chi connectivity index (χ3n) is 4.37. The van der Waals surface area contributed by atoms with Crippen LogP contribution in [0.15, 0.2) is 47.8 Å². The molecular weight excluding hydrogens is 346 g/mol. The zero-order chi connectivity index (χ0) is 18.8. The molecule has 27 heavy (non-hydrogen) atoms. The van der Waals surface area contributed by atoms with Crippen LogP contribution in [0, 0.1) is 0 Å². The Balaban J connectivity index is 1.67. The first-order valence-electron chi connectivity index (χ1n) is 8.55. The molecule has 8 nitrogen and oxygen atoms in total. The van der Waals surface area contributed by atoms with Crippen LogP contribution in [0.2, 0.25) is 0 Å². The van der Waals surface area contributed by atoms with E-state index in [2.05, 4.69) is 15.1 Å². The van der Waals surface area contributed by atoms with Gasteiger partial charge in [0.05, 0.1) is 13.3 Å². The first kappa shape index (κ1) is 17.2. The molecular formula is C19H19N5O3. The van der Waals surface area contributed by atoms with Gasteiger partial charge in [0, 0.05) is 17.5 Å². The zero-order valence-electron chi connectivity index (χ0n) is 15.0. The molecule has 0 bridgehead atoms. The fourth-order valence-corrected chi connectivity index (χ4v) is 3.03. The van der Waals surface area contributed by atoms with Crippen LogP contribution in [0.4, 0.5) is 11.5 Å². The van der Waals surface area contributed by atoms with Gasteiger partial charge in [-0.1, -0.05) is 12.1 Å². The van der Waals surface area contributed by atoms with E-state index in [4.69, 9.17) is 9.57 Å². The Kier molecular flexibility index (Phi) is 4.57. The van der Waals surface area contributed by atoms with Crippen LogP contribution in [0.25, 0.3) is 10.9 Å². The summed E-state index contributed by atoms with van der Waals surface area (Å²) in [5, 5.41) is 17.6. The average Bonchev–Trinajstić information content (AvgIpc) is 3.08. The standard InChI is InChI=1S/C19H19N5O3/c1-3-23(19-15-5-4-6-17(26-2)18(15)20-12-21-19)22-10-13-7-8-16-14(9-13)11-27-24(16)25/h4-10,12,25H,3,11H2,1-2H3/b22-10+. The summed E-state index contributed by atoms with van der Waals surface area (Å²) in [4.78, 5) is 13.8. The Morgan fingerprint density at radius 1 is 1.33 bits per heavy atom. The normalized spacial score (nSPS) is 13.4. The quantitative estimate of drug-likeness (QED) is 0.549. The third kappa shape index (κ3) is 3.16. The van der Waals surface area contributed by atoms with E-state index in [1.54, 1.807) is 19.4 Å². The molecule has 0 atom stereocenters. The van der Waals surface area contributed by atoms with E-state index in [0.717, 1.165) is 27.3 Å². The number of para-hydroxylation sites is 1. The molecule has 0 radical (unpaired) electrons. The maximum atomic E-state index is 9.57. The smallest absolute Gasteiger partial charge is 0.160 e. The fraction of sp³-hybridized carbons (Fsp3) is 0.211. The second kappa shape index (κ2) is 7.18. The first-order valence-corrected chi connectivity index (χ1v) is 8.55. The van der Waals surface area contributed by atoms with Crippen molar-refractivity contribution >= 4 is 28.6 Å². The Morgan fingerprint density at radius 2 is 2.22 bits per heavy atom. The lowest BCUT2D eigenvalue weighted by Crippen LogP contribution is -2.17. The minimum atomic E-state index is 0.335. The van der Waals surface area contributed by atoms with Crippen LogP contribution >= 0.6 is 0 Å². The van der Waals surface area contributed by atoms with E-state index in [0.29, 0.717) is 30.4 Å². The van der Waals surface area contributed by atoms with Crippen LogP contribution in [-0.2, 0) is 11.4 Å². The molecule has 0 amide bonds.